The van der Waals surface area contributed by atoms with Crippen molar-refractivity contribution in [3.05, 3.63) is 34.2 Å². The Kier molecular flexibility index (Phi) is 3.40. The number of rotatable bonds is 2. The highest BCUT2D eigenvalue weighted by molar-refractivity contribution is 7.21. The summed E-state index contributed by atoms with van der Waals surface area (Å²) >= 11 is 7.59. The summed E-state index contributed by atoms with van der Waals surface area (Å²) in [5, 5.41) is 10.4. The molecular weight excluding hydrogens is 298 g/mol. The van der Waals surface area contributed by atoms with Crippen LogP contribution in [0.4, 0.5) is 0 Å². The van der Waals surface area contributed by atoms with Crippen molar-refractivity contribution in [2.24, 2.45) is 0 Å². The first-order valence-corrected chi connectivity index (χ1v) is 7.50. The molecule has 20 heavy (non-hydrogen) atoms. The minimum atomic E-state index is -0.951. The number of likely N-dealkylation sites (tertiary alicyclic amines) is 1. The number of benzene rings is 1. The first-order valence-electron chi connectivity index (χ1n) is 6.30. The lowest BCUT2D eigenvalue weighted by Gasteiger charge is -2.20. The molecule has 1 atom stereocenters. The molecule has 0 spiro atoms. The summed E-state index contributed by atoms with van der Waals surface area (Å²) in [4.78, 5) is 25.6. The van der Waals surface area contributed by atoms with Crippen molar-refractivity contribution in [2.75, 3.05) is 6.54 Å². The standard InChI is InChI=1S/C14H12ClNO3S/c15-11-8-4-1-2-6-10(8)20-12(11)13(17)16-7-3-5-9(16)14(18)19/h1-2,4,6,9H,3,5,7H2,(H,18,19)/t9-/m0/s1. The SMILES string of the molecule is O=C(O)[C@@H]1CCCN1C(=O)c1sc2ccccc2c1Cl. The monoisotopic (exact) mass is 309 g/mol. The zero-order valence-corrected chi connectivity index (χ0v) is 12.1. The van der Waals surface area contributed by atoms with Crippen molar-refractivity contribution < 1.29 is 14.7 Å². The van der Waals surface area contributed by atoms with Gasteiger partial charge in [-0.3, -0.25) is 4.79 Å². The maximum Gasteiger partial charge on any atom is 0.326 e. The molecule has 0 bridgehead atoms. The van der Waals surface area contributed by atoms with Crippen molar-refractivity contribution in [3.63, 3.8) is 0 Å². The van der Waals surface area contributed by atoms with E-state index >= 15 is 0 Å². The highest BCUT2D eigenvalue weighted by Crippen LogP contribution is 2.36. The van der Waals surface area contributed by atoms with Crippen LogP contribution in [0.2, 0.25) is 5.02 Å². The zero-order valence-electron chi connectivity index (χ0n) is 10.5. The van der Waals surface area contributed by atoms with Crippen LogP contribution in [0.5, 0.6) is 0 Å². The summed E-state index contributed by atoms with van der Waals surface area (Å²) in [6.45, 7) is 0.473. The van der Waals surface area contributed by atoms with Crippen LogP contribution in [-0.2, 0) is 4.79 Å². The third-order valence-electron chi connectivity index (χ3n) is 3.53. The van der Waals surface area contributed by atoms with E-state index < -0.39 is 12.0 Å². The van der Waals surface area contributed by atoms with E-state index in [1.54, 1.807) is 0 Å². The molecule has 104 valence electrons. The average molecular weight is 310 g/mol. The Morgan fingerprint density at radius 3 is 2.80 bits per heavy atom. The Balaban J connectivity index is 2.00. The number of carboxylic acid groups (broad SMARTS) is 1. The third-order valence-corrected chi connectivity index (χ3v) is 5.19. The first kappa shape index (κ1) is 13.4. The second-order valence-electron chi connectivity index (χ2n) is 4.74. The number of hydrogen-bond acceptors (Lipinski definition) is 3. The fourth-order valence-electron chi connectivity index (χ4n) is 2.55. The molecule has 1 aliphatic rings. The Bertz CT molecular complexity index is 697. The van der Waals surface area contributed by atoms with E-state index in [9.17, 15) is 9.59 Å². The molecular formula is C14H12ClNO3S. The molecule has 2 aromatic rings. The molecule has 1 aromatic heterocycles. The van der Waals surface area contributed by atoms with Gasteiger partial charge in [0.2, 0.25) is 0 Å². The summed E-state index contributed by atoms with van der Waals surface area (Å²) in [6, 6.07) is 6.79. The number of carboxylic acids is 1. The summed E-state index contributed by atoms with van der Waals surface area (Å²) in [7, 11) is 0. The van der Waals surface area contributed by atoms with Crippen molar-refractivity contribution in [1.29, 1.82) is 0 Å². The van der Waals surface area contributed by atoms with Gasteiger partial charge in [0.25, 0.3) is 5.91 Å². The number of nitrogens with zero attached hydrogens (tertiary/aromatic N) is 1. The molecule has 0 unspecified atom stereocenters. The summed E-state index contributed by atoms with van der Waals surface area (Å²) in [5.41, 5.74) is 0. The molecule has 1 saturated heterocycles. The molecule has 3 rings (SSSR count). The molecule has 1 aliphatic heterocycles. The normalized spacial score (nSPS) is 18.6. The van der Waals surface area contributed by atoms with Crippen LogP contribution in [-0.4, -0.2) is 34.5 Å². The fourth-order valence-corrected chi connectivity index (χ4v) is 4.02. The van der Waals surface area contributed by atoms with E-state index in [0.717, 1.165) is 10.1 Å². The van der Waals surface area contributed by atoms with Gasteiger partial charge in [-0.05, 0) is 18.9 Å². The Hall–Kier alpha value is -1.59. The van der Waals surface area contributed by atoms with Crippen LogP contribution in [0.25, 0.3) is 10.1 Å². The molecule has 0 aliphatic carbocycles. The third kappa shape index (κ3) is 2.07. The fraction of sp³-hybridized carbons (Fsp3) is 0.286. The summed E-state index contributed by atoms with van der Waals surface area (Å²) in [6.07, 6.45) is 1.22. The topological polar surface area (TPSA) is 57.6 Å². The first-order chi connectivity index (χ1) is 9.59. The number of aliphatic carboxylic acids is 1. The number of halogens is 1. The quantitative estimate of drug-likeness (QED) is 0.926. The van der Waals surface area contributed by atoms with Crippen molar-refractivity contribution in [3.8, 4) is 0 Å². The van der Waals surface area contributed by atoms with E-state index in [0.29, 0.717) is 29.3 Å². The lowest BCUT2D eigenvalue weighted by molar-refractivity contribution is -0.141. The van der Waals surface area contributed by atoms with Crippen LogP contribution < -0.4 is 0 Å². The number of carbonyl (C=O) groups is 2. The maximum absolute atomic E-state index is 12.5. The van der Waals surface area contributed by atoms with Gasteiger partial charge < -0.3 is 10.0 Å². The molecule has 1 N–H and O–H groups in total. The summed E-state index contributed by atoms with van der Waals surface area (Å²) in [5.74, 6) is -1.23. The highest BCUT2D eigenvalue weighted by atomic mass is 35.5. The minimum Gasteiger partial charge on any atom is -0.480 e. The molecule has 6 heteroatoms. The van der Waals surface area contributed by atoms with Gasteiger partial charge in [-0.1, -0.05) is 29.8 Å². The van der Waals surface area contributed by atoms with Crippen molar-refractivity contribution >= 4 is 44.9 Å². The molecule has 1 amide bonds. The number of carbonyl (C=O) groups excluding carboxylic acids is 1. The highest BCUT2D eigenvalue weighted by Gasteiger charge is 2.36. The molecule has 0 saturated carbocycles. The van der Waals surface area contributed by atoms with Crippen molar-refractivity contribution in [1.82, 2.24) is 4.90 Å². The average Bonchev–Trinajstić information content (AvgIpc) is 3.04. The van der Waals surface area contributed by atoms with Crippen LogP contribution in [0.3, 0.4) is 0 Å². The molecule has 2 heterocycles. The maximum atomic E-state index is 12.5. The predicted octanol–water partition coefficient (Wildman–Crippen LogP) is 3.24. The second kappa shape index (κ2) is 5.07. The van der Waals surface area contributed by atoms with Gasteiger partial charge in [0.1, 0.15) is 10.9 Å². The van der Waals surface area contributed by atoms with E-state index in [2.05, 4.69) is 0 Å². The Morgan fingerprint density at radius 1 is 1.35 bits per heavy atom. The van der Waals surface area contributed by atoms with Gasteiger partial charge >= 0.3 is 5.97 Å². The summed E-state index contributed by atoms with van der Waals surface area (Å²) < 4.78 is 0.937. The second-order valence-corrected chi connectivity index (χ2v) is 6.17. The van der Waals surface area contributed by atoms with Gasteiger partial charge in [-0.15, -0.1) is 11.3 Å². The van der Waals surface area contributed by atoms with Crippen LogP contribution in [0.1, 0.15) is 22.5 Å². The lowest BCUT2D eigenvalue weighted by atomic mass is 10.2. The Morgan fingerprint density at radius 2 is 2.10 bits per heavy atom. The largest absolute Gasteiger partial charge is 0.480 e. The van der Waals surface area contributed by atoms with Gasteiger partial charge in [0.05, 0.1) is 5.02 Å². The van der Waals surface area contributed by atoms with Crippen molar-refractivity contribution in [2.45, 2.75) is 18.9 Å². The lowest BCUT2D eigenvalue weighted by Crippen LogP contribution is -2.40. The minimum absolute atomic E-state index is 0.277. The number of thiophene rings is 1. The number of amides is 1. The van der Waals surface area contributed by atoms with E-state index in [4.69, 9.17) is 16.7 Å². The number of fused-ring (bicyclic) bond motifs is 1. The van der Waals surface area contributed by atoms with Crippen LogP contribution in [0.15, 0.2) is 24.3 Å². The molecule has 0 radical (unpaired) electrons. The number of hydrogen-bond donors (Lipinski definition) is 1. The van der Waals surface area contributed by atoms with Gasteiger partial charge in [0.15, 0.2) is 0 Å². The van der Waals surface area contributed by atoms with Gasteiger partial charge in [-0.2, -0.15) is 0 Å². The predicted molar refractivity (Wildman–Crippen MR) is 78.5 cm³/mol. The zero-order chi connectivity index (χ0) is 14.3. The van der Waals surface area contributed by atoms with E-state index in [1.165, 1.54) is 16.2 Å². The van der Waals surface area contributed by atoms with Crippen LogP contribution >= 0.6 is 22.9 Å². The Labute approximate surface area is 124 Å². The van der Waals surface area contributed by atoms with Crippen LogP contribution in [0, 0.1) is 0 Å². The van der Waals surface area contributed by atoms with E-state index in [-0.39, 0.29) is 5.91 Å². The van der Waals surface area contributed by atoms with Gasteiger partial charge in [-0.25, -0.2) is 4.79 Å². The molecule has 4 nitrogen and oxygen atoms in total. The van der Waals surface area contributed by atoms with Gasteiger partial charge in [0, 0.05) is 16.6 Å². The molecule has 1 aromatic carbocycles. The van der Waals surface area contributed by atoms with E-state index in [1.807, 2.05) is 24.3 Å². The smallest absolute Gasteiger partial charge is 0.326 e. The molecule has 1 fully saturated rings.